The summed E-state index contributed by atoms with van der Waals surface area (Å²) < 4.78 is 7.67. The summed E-state index contributed by atoms with van der Waals surface area (Å²) in [4.78, 5) is 2.42. The van der Waals surface area contributed by atoms with Gasteiger partial charge in [-0.3, -0.25) is 4.90 Å². The van der Waals surface area contributed by atoms with Gasteiger partial charge in [-0.15, -0.1) is 0 Å². The summed E-state index contributed by atoms with van der Waals surface area (Å²) in [5, 5.41) is 18.2. The number of morpholine rings is 1. The fourth-order valence-corrected chi connectivity index (χ4v) is 3.77. The highest BCUT2D eigenvalue weighted by molar-refractivity contribution is 5.34. The van der Waals surface area contributed by atoms with Crippen molar-refractivity contribution >= 4 is 0 Å². The van der Waals surface area contributed by atoms with Crippen molar-refractivity contribution < 1.29 is 9.84 Å². The van der Waals surface area contributed by atoms with Gasteiger partial charge in [0.2, 0.25) is 0 Å². The molecule has 0 unspecified atom stereocenters. The molecule has 23 heavy (non-hydrogen) atoms. The number of rotatable bonds is 3. The summed E-state index contributed by atoms with van der Waals surface area (Å²) in [6, 6.07) is 10.3. The lowest BCUT2D eigenvalue weighted by atomic mass is 9.90. The zero-order valence-corrected chi connectivity index (χ0v) is 13.1. The van der Waals surface area contributed by atoms with Gasteiger partial charge in [-0.1, -0.05) is 41.4 Å². The molecule has 6 nitrogen and oxygen atoms in total. The topological polar surface area (TPSA) is 63.4 Å². The quantitative estimate of drug-likeness (QED) is 0.940. The van der Waals surface area contributed by atoms with Crippen molar-refractivity contribution in [2.75, 3.05) is 13.2 Å². The highest BCUT2D eigenvalue weighted by Gasteiger charge is 2.35. The lowest BCUT2D eigenvalue weighted by Gasteiger charge is -2.43. The van der Waals surface area contributed by atoms with Gasteiger partial charge in [0.05, 0.1) is 18.4 Å². The van der Waals surface area contributed by atoms with Gasteiger partial charge in [0, 0.05) is 19.1 Å². The zero-order valence-electron chi connectivity index (χ0n) is 13.1. The molecule has 4 rings (SSSR count). The molecule has 0 amide bonds. The van der Waals surface area contributed by atoms with Crippen LogP contribution in [0.5, 0.6) is 5.88 Å². The summed E-state index contributed by atoms with van der Waals surface area (Å²) in [6.45, 7) is 2.30. The molecule has 1 saturated carbocycles. The lowest BCUT2D eigenvalue weighted by molar-refractivity contribution is -0.0917. The third-order valence-corrected chi connectivity index (χ3v) is 4.94. The molecular weight excluding hydrogens is 292 g/mol. The van der Waals surface area contributed by atoms with E-state index in [0.29, 0.717) is 18.7 Å². The summed E-state index contributed by atoms with van der Waals surface area (Å²) in [5.41, 5.74) is 1.67. The number of nitrogens with zero attached hydrogens (tertiary/aromatic N) is 4. The van der Waals surface area contributed by atoms with E-state index < -0.39 is 0 Å². The van der Waals surface area contributed by atoms with Crippen molar-refractivity contribution in [3.05, 3.63) is 36.0 Å². The highest BCUT2D eigenvalue weighted by Crippen LogP contribution is 2.30. The van der Waals surface area contributed by atoms with Crippen LogP contribution in [0, 0.1) is 0 Å². The van der Waals surface area contributed by atoms with Crippen LogP contribution < -0.4 is 0 Å². The first-order chi connectivity index (χ1) is 11.3. The van der Waals surface area contributed by atoms with E-state index in [-0.39, 0.29) is 5.88 Å². The monoisotopic (exact) mass is 314 g/mol. The summed E-state index contributed by atoms with van der Waals surface area (Å²) in [7, 11) is 0. The Bertz CT molecular complexity index is 656. The van der Waals surface area contributed by atoms with Gasteiger partial charge >= 0.3 is 0 Å². The minimum atomic E-state index is 0.0210. The van der Waals surface area contributed by atoms with E-state index in [1.165, 1.54) is 19.3 Å². The molecule has 0 bridgehead atoms. The van der Waals surface area contributed by atoms with Crippen LogP contribution in [0.3, 0.4) is 0 Å². The maximum Gasteiger partial charge on any atom is 0.256 e. The van der Waals surface area contributed by atoms with E-state index in [1.54, 1.807) is 4.68 Å². The second-order valence-corrected chi connectivity index (χ2v) is 6.34. The zero-order chi connectivity index (χ0) is 15.6. The number of para-hydroxylation sites is 1. The Balaban J connectivity index is 1.60. The molecule has 0 spiro atoms. The van der Waals surface area contributed by atoms with Gasteiger partial charge < -0.3 is 9.84 Å². The summed E-state index contributed by atoms with van der Waals surface area (Å²) in [5.74, 6) is 0.0210. The number of aromatic hydroxyl groups is 1. The molecule has 1 aromatic carbocycles. The van der Waals surface area contributed by atoms with Crippen molar-refractivity contribution in [1.82, 2.24) is 19.9 Å². The van der Waals surface area contributed by atoms with Crippen LogP contribution in [0.4, 0.5) is 0 Å². The number of aromatic nitrogens is 3. The van der Waals surface area contributed by atoms with E-state index in [1.807, 2.05) is 30.3 Å². The molecule has 2 aliphatic rings. The fourth-order valence-electron chi connectivity index (χ4n) is 3.77. The molecule has 6 heteroatoms. The molecule has 2 aromatic rings. The van der Waals surface area contributed by atoms with Crippen molar-refractivity contribution in [2.24, 2.45) is 0 Å². The Kier molecular flexibility index (Phi) is 4.01. The van der Waals surface area contributed by atoms with Gasteiger partial charge in [-0.2, -0.15) is 0 Å². The molecule has 1 aliphatic carbocycles. The number of hydrogen-bond acceptors (Lipinski definition) is 5. The Labute approximate surface area is 135 Å². The number of ether oxygens (including phenoxy) is 1. The molecule has 1 aliphatic heterocycles. The number of benzene rings is 1. The van der Waals surface area contributed by atoms with Crippen LogP contribution in [0.25, 0.3) is 5.69 Å². The minimum absolute atomic E-state index is 0.0210. The van der Waals surface area contributed by atoms with E-state index in [0.717, 1.165) is 31.0 Å². The van der Waals surface area contributed by atoms with Crippen LogP contribution in [0.15, 0.2) is 30.3 Å². The largest absolute Gasteiger partial charge is 0.491 e. The normalized spacial score (nSPS) is 25.2. The molecule has 1 aromatic heterocycles. The molecule has 0 radical (unpaired) electrons. The van der Waals surface area contributed by atoms with Gasteiger partial charge in [0.25, 0.3) is 5.88 Å². The van der Waals surface area contributed by atoms with Crippen molar-refractivity contribution in [1.29, 1.82) is 0 Å². The molecule has 2 atom stereocenters. The van der Waals surface area contributed by atoms with E-state index >= 15 is 0 Å². The number of hydrogen-bond donors (Lipinski definition) is 1. The first-order valence-electron chi connectivity index (χ1n) is 8.37. The molecule has 122 valence electrons. The molecule has 2 fully saturated rings. The average Bonchev–Trinajstić information content (AvgIpc) is 2.97. The Morgan fingerprint density at radius 2 is 2.00 bits per heavy atom. The molecule has 2 heterocycles. The Morgan fingerprint density at radius 1 is 1.17 bits per heavy atom. The van der Waals surface area contributed by atoms with Crippen LogP contribution in [0.2, 0.25) is 0 Å². The smallest absolute Gasteiger partial charge is 0.256 e. The van der Waals surface area contributed by atoms with Crippen molar-refractivity contribution in [3.63, 3.8) is 0 Å². The van der Waals surface area contributed by atoms with Crippen molar-refractivity contribution in [3.8, 4) is 11.6 Å². The van der Waals surface area contributed by atoms with Crippen LogP contribution in [0.1, 0.15) is 31.4 Å². The van der Waals surface area contributed by atoms with Gasteiger partial charge in [-0.25, -0.2) is 4.68 Å². The fraction of sp³-hybridized carbons (Fsp3) is 0.529. The highest BCUT2D eigenvalue weighted by atomic mass is 16.5. The predicted molar refractivity (Wildman–Crippen MR) is 85.4 cm³/mol. The maximum atomic E-state index is 10.2. The van der Waals surface area contributed by atoms with Crippen molar-refractivity contribution in [2.45, 2.75) is 44.4 Å². The van der Waals surface area contributed by atoms with E-state index in [4.69, 9.17) is 4.74 Å². The average molecular weight is 314 g/mol. The molecule has 1 saturated heterocycles. The Hall–Kier alpha value is -1.92. The standard InChI is InChI=1S/C17H22N4O2/c22-17-15(21(19-18-17)13-6-2-1-3-7-13)12-20-10-11-23-16-9-5-4-8-14(16)20/h1-3,6-7,14,16,22H,4-5,8-12H2/t14-,16+/m0/s1. The van der Waals surface area contributed by atoms with E-state index in [2.05, 4.69) is 15.2 Å². The maximum absolute atomic E-state index is 10.2. The second-order valence-electron chi connectivity index (χ2n) is 6.34. The number of fused-ring (bicyclic) bond motifs is 1. The first-order valence-corrected chi connectivity index (χ1v) is 8.37. The van der Waals surface area contributed by atoms with Gasteiger partial charge in [0.15, 0.2) is 0 Å². The van der Waals surface area contributed by atoms with Crippen LogP contribution in [-0.2, 0) is 11.3 Å². The molecular formula is C17H22N4O2. The Morgan fingerprint density at radius 3 is 2.87 bits per heavy atom. The third kappa shape index (κ3) is 2.84. The third-order valence-electron chi connectivity index (χ3n) is 4.94. The van der Waals surface area contributed by atoms with Gasteiger partial charge in [0.1, 0.15) is 5.69 Å². The minimum Gasteiger partial charge on any atom is -0.491 e. The summed E-state index contributed by atoms with van der Waals surface area (Å²) in [6.07, 6.45) is 5.15. The lowest BCUT2D eigenvalue weighted by Crippen LogP contribution is -2.52. The van der Waals surface area contributed by atoms with Crippen LogP contribution >= 0.6 is 0 Å². The second kappa shape index (κ2) is 6.29. The van der Waals surface area contributed by atoms with E-state index in [9.17, 15) is 5.11 Å². The first kappa shape index (κ1) is 14.7. The summed E-state index contributed by atoms with van der Waals surface area (Å²) >= 11 is 0. The van der Waals surface area contributed by atoms with Crippen LogP contribution in [-0.4, -0.2) is 50.3 Å². The van der Waals surface area contributed by atoms with Gasteiger partial charge in [-0.05, 0) is 25.0 Å². The predicted octanol–water partition coefficient (Wildman–Crippen LogP) is 2.12. The SMILES string of the molecule is Oc1nnn(-c2ccccc2)c1CN1CCO[C@@H]2CCCC[C@@H]21. The molecule has 1 N–H and O–H groups in total.